The molecule has 0 saturated heterocycles. The van der Waals surface area contributed by atoms with Gasteiger partial charge in [-0.2, -0.15) is 0 Å². The fourth-order valence-electron chi connectivity index (χ4n) is 1.67. The molecule has 0 bridgehead atoms. The van der Waals surface area contributed by atoms with Gasteiger partial charge in [0.05, 0.1) is 0 Å². The van der Waals surface area contributed by atoms with Crippen molar-refractivity contribution in [3.05, 3.63) is 35.4 Å². The molecule has 18 heavy (non-hydrogen) atoms. The average molecular weight is 249 g/mol. The Morgan fingerprint density at radius 2 is 1.94 bits per heavy atom. The molecule has 98 valence electrons. The number of unbranched alkanes of at least 4 members (excludes halogenated alkanes) is 1. The summed E-state index contributed by atoms with van der Waals surface area (Å²) >= 11 is 0. The molecule has 4 heteroatoms. The van der Waals surface area contributed by atoms with Gasteiger partial charge in [0.1, 0.15) is 0 Å². The first-order valence-electron chi connectivity index (χ1n) is 6.12. The van der Waals surface area contributed by atoms with Gasteiger partial charge in [-0.15, -0.1) is 0 Å². The van der Waals surface area contributed by atoms with E-state index in [0.717, 1.165) is 5.56 Å². The third kappa shape index (κ3) is 6.03. The van der Waals surface area contributed by atoms with Crippen LogP contribution in [-0.4, -0.2) is 17.0 Å². The Balaban J connectivity index is 2.19. The van der Waals surface area contributed by atoms with Gasteiger partial charge in [-0.1, -0.05) is 29.8 Å². The van der Waals surface area contributed by atoms with Crippen LogP contribution >= 0.6 is 0 Å². The topological polar surface area (TPSA) is 66.4 Å². The molecule has 2 N–H and O–H groups in total. The van der Waals surface area contributed by atoms with Gasteiger partial charge in [0.15, 0.2) is 0 Å². The van der Waals surface area contributed by atoms with Crippen LogP contribution in [0.4, 0.5) is 0 Å². The van der Waals surface area contributed by atoms with Gasteiger partial charge < -0.3 is 10.4 Å². The minimum absolute atomic E-state index is 0.0260. The van der Waals surface area contributed by atoms with Crippen LogP contribution in [0.3, 0.4) is 0 Å². The molecule has 0 aliphatic heterocycles. The fourth-order valence-corrected chi connectivity index (χ4v) is 1.67. The summed E-state index contributed by atoms with van der Waals surface area (Å²) in [7, 11) is 0. The highest BCUT2D eigenvalue weighted by Crippen LogP contribution is 2.04. The zero-order valence-electron chi connectivity index (χ0n) is 10.6. The molecule has 0 aliphatic rings. The Kier molecular flexibility index (Phi) is 5.91. The number of amides is 1. The van der Waals surface area contributed by atoms with Crippen LogP contribution in [0.2, 0.25) is 0 Å². The lowest BCUT2D eigenvalue weighted by atomic mass is 10.1. The number of hydrogen-bond donors (Lipinski definition) is 2. The number of carbonyl (C=O) groups excluding carboxylic acids is 1. The van der Waals surface area contributed by atoms with Crippen molar-refractivity contribution in [1.82, 2.24) is 5.32 Å². The van der Waals surface area contributed by atoms with E-state index in [4.69, 9.17) is 5.11 Å². The molecule has 0 unspecified atom stereocenters. The number of benzene rings is 1. The van der Waals surface area contributed by atoms with Crippen LogP contribution in [-0.2, 0) is 16.1 Å². The number of carboxylic acid groups (broad SMARTS) is 1. The molecule has 0 saturated carbocycles. The smallest absolute Gasteiger partial charge is 0.303 e. The number of nitrogens with one attached hydrogen (secondary N) is 1. The molecule has 1 rings (SSSR count). The zero-order valence-corrected chi connectivity index (χ0v) is 10.6. The van der Waals surface area contributed by atoms with Crippen LogP contribution < -0.4 is 5.32 Å². The van der Waals surface area contributed by atoms with Crippen molar-refractivity contribution in [3.8, 4) is 0 Å². The van der Waals surface area contributed by atoms with E-state index < -0.39 is 5.97 Å². The number of rotatable bonds is 7. The molecule has 0 spiro atoms. The summed E-state index contributed by atoms with van der Waals surface area (Å²) in [5.41, 5.74) is 2.25. The van der Waals surface area contributed by atoms with Crippen LogP contribution in [0.1, 0.15) is 36.8 Å². The number of hydrogen-bond acceptors (Lipinski definition) is 2. The van der Waals surface area contributed by atoms with Gasteiger partial charge in [-0.3, -0.25) is 9.59 Å². The SMILES string of the molecule is Cc1cccc(CNC(=O)CCCCC(=O)O)c1. The molecule has 1 aromatic rings. The lowest BCUT2D eigenvalue weighted by Gasteiger charge is -2.05. The van der Waals surface area contributed by atoms with Crippen molar-refractivity contribution in [2.24, 2.45) is 0 Å². The van der Waals surface area contributed by atoms with Crippen molar-refractivity contribution in [1.29, 1.82) is 0 Å². The second-order valence-corrected chi connectivity index (χ2v) is 4.37. The fraction of sp³-hybridized carbons (Fsp3) is 0.429. The monoisotopic (exact) mass is 249 g/mol. The van der Waals surface area contributed by atoms with Crippen molar-refractivity contribution in [3.63, 3.8) is 0 Å². The minimum atomic E-state index is -0.810. The van der Waals surface area contributed by atoms with E-state index in [-0.39, 0.29) is 12.3 Å². The molecule has 4 nitrogen and oxygen atoms in total. The maximum absolute atomic E-state index is 11.5. The lowest BCUT2D eigenvalue weighted by Crippen LogP contribution is -2.22. The van der Waals surface area contributed by atoms with Crippen LogP contribution in [0.15, 0.2) is 24.3 Å². The molecule has 0 fully saturated rings. The van der Waals surface area contributed by atoms with E-state index in [1.165, 1.54) is 5.56 Å². The highest BCUT2D eigenvalue weighted by atomic mass is 16.4. The molecule has 0 aromatic heterocycles. The maximum atomic E-state index is 11.5. The summed E-state index contributed by atoms with van der Waals surface area (Å²) in [4.78, 5) is 21.8. The molecular weight excluding hydrogens is 230 g/mol. The number of aliphatic carboxylic acids is 1. The highest BCUT2D eigenvalue weighted by Gasteiger charge is 2.03. The van der Waals surface area contributed by atoms with Gasteiger partial charge in [0.2, 0.25) is 5.91 Å². The first-order valence-corrected chi connectivity index (χ1v) is 6.12. The zero-order chi connectivity index (χ0) is 13.4. The van der Waals surface area contributed by atoms with Gasteiger partial charge in [-0.25, -0.2) is 0 Å². The predicted octanol–water partition coefficient (Wildman–Crippen LogP) is 2.26. The predicted molar refractivity (Wildman–Crippen MR) is 69.1 cm³/mol. The highest BCUT2D eigenvalue weighted by molar-refractivity contribution is 5.75. The Bertz CT molecular complexity index is 415. The first-order chi connectivity index (χ1) is 8.58. The van der Waals surface area contributed by atoms with Crippen molar-refractivity contribution >= 4 is 11.9 Å². The minimum Gasteiger partial charge on any atom is -0.481 e. The summed E-state index contributed by atoms with van der Waals surface area (Å²) in [5.74, 6) is -0.836. The van der Waals surface area contributed by atoms with E-state index in [9.17, 15) is 9.59 Å². The van der Waals surface area contributed by atoms with Gasteiger partial charge in [-0.05, 0) is 25.3 Å². The summed E-state index contributed by atoms with van der Waals surface area (Å²) in [6, 6.07) is 7.98. The lowest BCUT2D eigenvalue weighted by molar-refractivity contribution is -0.137. The summed E-state index contributed by atoms with van der Waals surface area (Å²) < 4.78 is 0. The third-order valence-electron chi connectivity index (χ3n) is 2.62. The number of carbonyl (C=O) groups is 2. The molecule has 0 radical (unpaired) electrons. The van der Waals surface area contributed by atoms with E-state index in [1.807, 2.05) is 31.2 Å². The van der Waals surface area contributed by atoms with Crippen molar-refractivity contribution in [2.75, 3.05) is 0 Å². The standard InChI is InChI=1S/C14H19NO3/c1-11-5-4-6-12(9-11)10-15-13(16)7-2-3-8-14(17)18/h4-6,9H,2-3,7-8,10H2,1H3,(H,15,16)(H,17,18). The van der Waals surface area contributed by atoms with Crippen molar-refractivity contribution < 1.29 is 14.7 Å². The van der Waals surface area contributed by atoms with E-state index >= 15 is 0 Å². The Morgan fingerprint density at radius 1 is 1.22 bits per heavy atom. The second-order valence-electron chi connectivity index (χ2n) is 4.37. The summed E-state index contributed by atoms with van der Waals surface area (Å²) in [6.07, 6.45) is 1.68. The van der Waals surface area contributed by atoms with Crippen LogP contribution in [0, 0.1) is 6.92 Å². The number of carboxylic acids is 1. The number of aryl methyl sites for hydroxylation is 1. The molecule has 0 heterocycles. The van der Waals surface area contributed by atoms with Gasteiger partial charge in [0.25, 0.3) is 0 Å². The first kappa shape index (κ1) is 14.2. The van der Waals surface area contributed by atoms with Crippen LogP contribution in [0.5, 0.6) is 0 Å². The Hall–Kier alpha value is -1.84. The van der Waals surface area contributed by atoms with E-state index in [0.29, 0.717) is 25.8 Å². The summed E-state index contributed by atoms with van der Waals surface area (Å²) in [5, 5.41) is 11.3. The molecule has 0 aliphatic carbocycles. The Labute approximate surface area is 107 Å². The summed E-state index contributed by atoms with van der Waals surface area (Å²) in [6.45, 7) is 2.54. The third-order valence-corrected chi connectivity index (χ3v) is 2.62. The molecule has 1 amide bonds. The Morgan fingerprint density at radius 3 is 2.61 bits per heavy atom. The largest absolute Gasteiger partial charge is 0.481 e. The molecule has 1 aromatic carbocycles. The van der Waals surface area contributed by atoms with E-state index in [1.54, 1.807) is 0 Å². The normalized spacial score (nSPS) is 10.1. The van der Waals surface area contributed by atoms with Gasteiger partial charge >= 0.3 is 5.97 Å². The van der Waals surface area contributed by atoms with Crippen molar-refractivity contribution in [2.45, 2.75) is 39.2 Å². The van der Waals surface area contributed by atoms with E-state index in [2.05, 4.69) is 5.32 Å². The molecular formula is C14H19NO3. The second kappa shape index (κ2) is 7.48. The molecule has 0 atom stereocenters. The quantitative estimate of drug-likeness (QED) is 0.728. The maximum Gasteiger partial charge on any atom is 0.303 e. The van der Waals surface area contributed by atoms with Gasteiger partial charge in [0, 0.05) is 19.4 Å². The average Bonchev–Trinajstić information content (AvgIpc) is 2.32. The van der Waals surface area contributed by atoms with Crippen LogP contribution in [0.25, 0.3) is 0 Å².